The first-order valence-corrected chi connectivity index (χ1v) is 5.00. The summed E-state index contributed by atoms with van der Waals surface area (Å²) in [6, 6.07) is 3.46. The summed E-state index contributed by atoms with van der Waals surface area (Å²) >= 11 is 0. The van der Waals surface area contributed by atoms with Gasteiger partial charge in [-0.2, -0.15) is 0 Å². The molecule has 0 aliphatic carbocycles. The number of nitrogens with zero attached hydrogens (tertiary/aromatic N) is 1. The average Bonchev–Trinajstić information content (AvgIpc) is 2.64. The highest BCUT2D eigenvalue weighted by Gasteiger charge is 2.38. The predicted molar refractivity (Wildman–Crippen MR) is 54.5 cm³/mol. The largest absolute Gasteiger partial charge is 0.481 e. The second kappa shape index (κ2) is 4.12. The molecule has 1 aliphatic rings. The van der Waals surface area contributed by atoms with Gasteiger partial charge in [0, 0.05) is 6.54 Å². The molecule has 1 aliphatic heterocycles. The summed E-state index contributed by atoms with van der Waals surface area (Å²) in [4.78, 5) is 23.4. The van der Waals surface area contributed by atoms with Gasteiger partial charge in [0.15, 0.2) is 11.6 Å². The first-order valence-electron chi connectivity index (χ1n) is 5.00. The molecule has 4 nitrogen and oxygen atoms in total. The van der Waals surface area contributed by atoms with Crippen LogP contribution in [0.4, 0.5) is 14.5 Å². The highest BCUT2D eigenvalue weighted by molar-refractivity contribution is 6.07. The normalized spacial score (nSPS) is 19.8. The third-order valence-electron chi connectivity index (χ3n) is 2.73. The van der Waals surface area contributed by atoms with E-state index in [0.717, 1.165) is 11.0 Å². The van der Waals surface area contributed by atoms with E-state index in [1.807, 2.05) is 0 Å². The van der Waals surface area contributed by atoms with E-state index >= 15 is 0 Å². The lowest BCUT2D eigenvalue weighted by Gasteiger charge is -2.16. The minimum Gasteiger partial charge on any atom is -0.481 e. The van der Waals surface area contributed by atoms with Crippen molar-refractivity contribution >= 4 is 17.6 Å². The zero-order valence-corrected chi connectivity index (χ0v) is 8.69. The Balaban J connectivity index is 2.34. The van der Waals surface area contributed by atoms with Crippen molar-refractivity contribution in [2.45, 2.75) is 6.42 Å². The maximum atomic E-state index is 13.4. The summed E-state index contributed by atoms with van der Waals surface area (Å²) in [5, 5.41) is 8.76. The van der Waals surface area contributed by atoms with E-state index in [9.17, 15) is 18.4 Å². The lowest BCUT2D eigenvalue weighted by atomic mass is 10.1. The van der Waals surface area contributed by atoms with E-state index in [0.29, 0.717) is 0 Å². The molecule has 1 aromatic rings. The Morgan fingerprint density at radius 1 is 1.41 bits per heavy atom. The molecule has 17 heavy (non-hydrogen) atoms. The number of carbonyl (C=O) groups excluding carboxylic acids is 1. The van der Waals surface area contributed by atoms with Crippen molar-refractivity contribution in [2.75, 3.05) is 11.4 Å². The number of carboxylic acids is 1. The molecule has 1 aromatic carbocycles. The smallest absolute Gasteiger partial charge is 0.316 e. The van der Waals surface area contributed by atoms with Gasteiger partial charge in [-0.15, -0.1) is 0 Å². The molecule has 2 rings (SSSR count). The Bertz CT molecular complexity index is 490. The maximum absolute atomic E-state index is 13.4. The highest BCUT2D eigenvalue weighted by Crippen LogP contribution is 2.28. The number of carbonyl (C=O) groups is 2. The van der Waals surface area contributed by atoms with E-state index in [4.69, 9.17) is 5.11 Å². The lowest BCUT2D eigenvalue weighted by Crippen LogP contribution is -2.30. The van der Waals surface area contributed by atoms with E-state index in [-0.39, 0.29) is 18.7 Å². The molecule has 0 spiro atoms. The maximum Gasteiger partial charge on any atom is 0.316 e. The fourth-order valence-corrected chi connectivity index (χ4v) is 1.85. The first-order chi connectivity index (χ1) is 8.02. The number of benzene rings is 1. The van der Waals surface area contributed by atoms with E-state index in [1.165, 1.54) is 12.1 Å². The SMILES string of the molecule is O=C(O)C1CCN(c2cccc(F)c2F)C1=O. The summed E-state index contributed by atoms with van der Waals surface area (Å²) in [5.74, 6) is -5.31. The molecular formula is C11H9F2NO3. The molecule has 0 radical (unpaired) electrons. The number of hydrogen-bond donors (Lipinski definition) is 1. The Morgan fingerprint density at radius 3 is 2.71 bits per heavy atom. The number of rotatable bonds is 2. The fraction of sp³-hybridized carbons (Fsp3) is 0.273. The zero-order chi connectivity index (χ0) is 12.6. The van der Waals surface area contributed by atoms with Crippen LogP contribution in [-0.4, -0.2) is 23.5 Å². The Kier molecular flexibility index (Phi) is 2.79. The molecule has 0 bridgehead atoms. The number of halogens is 2. The van der Waals surface area contributed by atoms with Crippen LogP contribution in [0.25, 0.3) is 0 Å². The molecule has 1 unspecified atom stereocenters. The van der Waals surface area contributed by atoms with Crippen LogP contribution in [0.3, 0.4) is 0 Å². The van der Waals surface area contributed by atoms with Crippen LogP contribution in [0.2, 0.25) is 0 Å². The predicted octanol–water partition coefficient (Wildman–Crippen LogP) is 1.40. The van der Waals surface area contributed by atoms with E-state index in [1.54, 1.807) is 0 Å². The van der Waals surface area contributed by atoms with Gasteiger partial charge in [-0.3, -0.25) is 9.59 Å². The summed E-state index contributed by atoms with van der Waals surface area (Å²) in [6.45, 7) is 0.0795. The molecule has 6 heteroatoms. The van der Waals surface area contributed by atoms with Crippen LogP contribution in [0.15, 0.2) is 18.2 Å². The molecule has 1 saturated heterocycles. The molecule has 1 heterocycles. The topological polar surface area (TPSA) is 57.6 Å². The summed E-state index contributed by atoms with van der Waals surface area (Å²) < 4.78 is 26.4. The third-order valence-corrected chi connectivity index (χ3v) is 2.73. The highest BCUT2D eigenvalue weighted by atomic mass is 19.2. The van der Waals surface area contributed by atoms with Gasteiger partial charge in [0.25, 0.3) is 0 Å². The summed E-state index contributed by atoms with van der Waals surface area (Å²) in [6.07, 6.45) is 0.101. The zero-order valence-electron chi connectivity index (χ0n) is 8.69. The van der Waals surface area contributed by atoms with Crippen LogP contribution in [-0.2, 0) is 9.59 Å². The van der Waals surface area contributed by atoms with Gasteiger partial charge in [-0.05, 0) is 18.6 Å². The lowest BCUT2D eigenvalue weighted by molar-refractivity contribution is -0.144. The van der Waals surface area contributed by atoms with Crippen molar-refractivity contribution in [3.05, 3.63) is 29.8 Å². The Labute approximate surface area is 95.5 Å². The van der Waals surface area contributed by atoms with Gasteiger partial charge >= 0.3 is 5.97 Å². The fourth-order valence-electron chi connectivity index (χ4n) is 1.85. The van der Waals surface area contributed by atoms with Crippen molar-refractivity contribution in [1.82, 2.24) is 0 Å². The molecule has 1 N–H and O–H groups in total. The number of carboxylic acid groups (broad SMARTS) is 1. The molecule has 0 aromatic heterocycles. The standard InChI is InChI=1S/C11H9F2NO3/c12-7-2-1-3-8(9(7)13)14-5-4-6(10(14)15)11(16)17/h1-3,6H,4-5H2,(H,16,17). The Morgan fingerprint density at radius 2 is 2.12 bits per heavy atom. The molecule has 90 valence electrons. The van der Waals surface area contributed by atoms with Crippen molar-refractivity contribution in [1.29, 1.82) is 0 Å². The first kappa shape index (κ1) is 11.5. The molecule has 1 fully saturated rings. The van der Waals surface area contributed by atoms with Gasteiger partial charge in [0.2, 0.25) is 5.91 Å². The third kappa shape index (κ3) is 1.86. The van der Waals surface area contributed by atoms with E-state index in [2.05, 4.69) is 0 Å². The van der Waals surface area contributed by atoms with Gasteiger partial charge in [0.1, 0.15) is 5.92 Å². The van der Waals surface area contributed by atoms with Crippen molar-refractivity contribution < 1.29 is 23.5 Å². The second-order valence-electron chi connectivity index (χ2n) is 3.74. The Hall–Kier alpha value is -1.98. The minimum absolute atomic E-state index is 0.0795. The van der Waals surface area contributed by atoms with Crippen LogP contribution in [0.1, 0.15) is 6.42 Å². The van der Waals surface area contributed by atoms with Gasteiger partial charge < -0.3 is 10.0 Å². The summed E-state index contributed by atoms with van der Waals surface area (Å²) in [5.41, 5.74) is -0.209. The molecular weight excluding hydrogens is 232 g/mol. The second-order valence-corrected chi connectivity index (χ2v) is 3.74. The van der Waals surface area contributed by atoms with Crippen molar-refractivity contribution in [3.8, 4) is 0 Å². The number of hydrogen-bond acceptors (Lipinski definition) is 2. The summed E-state index contributed by atoms with van der Waals surface area (Å²) in [7, 11) is 0. The van der Waals surface area contributed by atoms with Crippen molar-refractivity contribution in [3.63, 3.8) is 0 Å². The van der Waals surface area contributed by atoms with Gasteiger partial charge in [0.05, 0.1) is 5.69 Å². The quantitative estimate of drug-likeness (QED) is 0.796. The molecule has 1 amide bonds. The molecule has 1 atom stereocenters. The van der Waals surface area contributed by atoms with Crippen LogP contribution < -0.4 is 4.90 Å². The molecule has 0 saturated carbocycles. The monoisotopic (exact) mass is 241 g/mol. The van der Waals surface area contributed by atoms with Crippen LogP contribution in [0, 0.1) is 17.6 Å². The minimum atomic E-state index is -1.24. The average molecular weight is 241 g/mol. The number of anilines is 1. The van der Waals surface area contributed by atoms with Gasteiger partial charge in [-0.25, -0.2) is 8.78 Å². The van der Waals surface area contributed by atoms with Gasteiger partial charge in [-0.1, -0.05) is 6.07 Å². The van der Waals surface area contributed by atoms with E-state index < -0.39 is 29.4 Å². The number of amides is 1. The van der Waals surface area contributed by atoms with Crippen LogP contribution in [0.5, 0.6) is 0 Å². The van der Waals surface area contributed by atoms with Crippen LogP contribution >= 0.6 is 0 Å². The van der Waals surface area contributed by atoms with Crippen molar-refractivity contribution in [2.24, 2.45) is 5.92 Å². The number of aliphatic carboxylic acids is 1.